The lowest BCUT2D eigenvalue weighted by Crippen LogP contribution is -2.25. The number of hydrogen-bond acceptors (Lipinski definition) is 4. The van der Waals surface area contributed by atoms with Gasteiger partial charge >= 0.3 is 0 Å². The molecule has 1 aromatic carbocycles. The number of rotatable bonds is 6. The summed E-state index contributed by atoms with van der Waals surface area (Å²) in [6.07, 6.45) is 5.81. The van der Waals surface area contributed by atoms with Gasteiger partial charge in [-0.05, 0) is 37.1 Å². The number of benzene rings is 1. The van der Waals surface area contributed by atoms with Crippen LogP contribution < -0.4 is 5.32 Å². The molecule has 1 fully saturated rings. The molecule has 0 spiro atoms. The molecular formula is C20H24FN3O2S. The van der Waals surface area contributed by atoms with Crippen molar-refractivity contribution in [3.05, 3.63) is 47.0 Å². The molecular weight excluding hydrogens is 365 g/mol. The Balaban J connectivity index is 1.37. The smallest absolute Gasteiger partial charge is 0.230 e. The molecule has 1 aromatic heterocycles. The molecule has 1 amide bonds. The highest BCUT2D eigenvalue weighted by Crippen LogP contribution is 2.33. The number of halogens is 1. The standard InChI is InChI=1S/C20H24FN3O2S/c21-14-5-7-16(8-6-14)27-13-20(25)22-11-18-17-12-26-10-9-19(17)24(23-18)15-3-1-2-4-15/h5-8,15H,1-4,9-13H2,(H,22,25). The van der Waals surface area contributed by atoms with E-state index in [-0.39, 0.29) is 11.7 Å². The predicted molar refractivity (Wildman–Crippen MR) is 102 cm³/mol. The molecule has 0 bridgehead atoms. The molecule has 2 heterocycles. The fraction of sp³-hybridized carbons (Fsp3) is 0.500. The van der Waals surface area contributed by atoms with Crippen LogP contribution in [0.3, 0.4) is 0 Å². The number of amides is 1. The van der Waals surface area contributed by atoms with E-state index in [9.17, 15) is 9.18 Å². The zero-order valence-corrected chi connectivity index (χ0v) is 16.1. The van der Waals surface area contributed by atoms with Crippen LogP contribution in [0.1, 0.15) is 48.7 Å². The second-order valence-electron chi connectivity index (χ2n) is 7.08. The molecule has 2 aromatic rings. The number of nitrogens with zero attached hydrogens (tertiary/aromatic N) is 2. The average molecular weight is 389 g/mol. The minimum absolute atomic E-state index is 0.0507. The largest absolute Gasteiger partial charge is 0.376 e. The van der Waals surface area contributed by atoms with Crippen molar-refractivity contribution < 1.29 is 13.9 Å². The number of ether oxygens (including phenoxy) is 1. The highest BCUT2D eigenvalue weighted by atomic mass is 32.2. The molecule has 7 heteroatoms. The minimum Gasteiger partial charge on any atom is -0.376 e. The average Bonchev–Trinajstić information content (AvgIpc) is 3.34. The lowest BCUT2D eigenvalue weighted by atomic mass is 10.1. The number of fused-ring (bicyclic) bond motifs is 1. The molecule has 27 heavy (non-hydrogen) atoms. The van der Waals surface area contributed by atoms with Gasteiger partial charge in [-0.3, -0.25) is 9.48 Å². The normalized spacial score (nSPS) is 17.1. The number of aromatic nitrogens is 2. The van der Waals surface area contributed by atoms with E-state index >= 15 is 0 Å². The van der Waals surface area contributed by atoms with Crippen molar-refractivity contribution in [2.24, 2.45) is 0 Å². The fourth-order valence-corrected chi connectivity index (χ4v) is 4.57. The Kier molecular flexibility index (Phi) is 5.78. The van der Waals surface area contributed by atoms with Crippen LogP contribution >= 0.6 is 11.8 Å². The molecule has 0 saturated heterocycles. The minimum atomic E-state index is -0.270. The van der Waals surface area contributed by atoms with Gasteiger partial charge in [0.25, 0.3) is 0 Å². The first kappa shape index (κ1) is 18.5. The molecule has 1 aliphatic heterocycles. The quantitative estimate of drug-likeness (QED) is 0.767. The second-order valence-corrected chi connectivity index (χ2v) is 8.13. The van der Waals surface area contributed by atoms with E-state index in [0.29, 0.717) is 24.9 Å². The summed E-state index contributed by atoms with van der Waals surface area (Å²) in [5, 5.41) is 7.82. The summed E-state index contributed by atoms with van der Waals surface area (Å²) >= 11 is 1.40. The number of hydrogen-bond donors (Lipinski definition) is 1. The molecule has 2 aliphatic rings. The van der Waals surface area contributed by atoms with Gasteiger partial charge in [-0.25, -0.2) is 4.39 Å². The maximum atomic E-state index is 12.9. The lowest BCUT2D eigenvalue weighted by molar-refractivity contribution is -0.118. The predicted octanol–water partition coefficient (Wildman–Crippen LogP) is 3.62. The van der Waals surface area contributed by atoms with Gasteiger partial charge < -0.3 is 10.1 Å². The van der Waals surface area contributed by atoms with Crippen LogP contribution in [-0.4, -0.2) is 28.0 Å². The van der Waals surface area contributed by atoms with E-state index in [0.717, 1.165) is 29.2 Å². The van der Waals surface area contributed by atoms with Gasteiger partial charge in [-0.15, -0.1) is 11.8 Å². The van der Waals surface area contributed by atoms with Crippen molar-refractivity contribution in [1.82, 2.24) is 15.1 Å². The summed E-state index contributed by atoms with van der Waals surface area (Å²) in [6, 6.07) is 6.68. The van der Waals surface area contributed by atoms with E-state index in [2.05, 4.69) is 10.00 Å². The van der Waals surface area contributed by atoms with Gasteiger partial charge in [0.05, 0.1) is 37.2 Å². The number of thioether (sulfide) groups is 1. The van der Waals surface area contributed by atoms with E-state index in [1.54, 1.807) is 12.1 Å². The Hall–Kier alpha value is -1.86. The maximum absolute atomic E-state index is 12.9. The first-order valence-electron chi connectivity index (χ1n) is 9.52. The van der Waals surface area contributed by atoms with Crippen molar-refractivity contribution in [2.45, 2.75) is 56.2 Å². The van der Waals surface area contributed by atoms with Gasteiger partial charge in [-0.2, -0.15) is 5.10 Å². The van der Waals surface area contributed by atoms with E-state index in [1.807, 2.05) is 0 Å². The zero-order chi connectivity index (χ0) is 18.6. The summed E-state index contributed by atoms with van der Waals surface area (Å²) in [5.41, 5.74) is 3.37. The highest BCUT2D eigenvalue weighted by molar-refractivity contribution is 8.00. The van der Waals surface area contributed by atoms with Crippen molar-refractivity contribution in [3.8, 4) is 0 Å². The van der Waals surface area contributed by atoms with Gasteiger partial charge in [0, 0.05) is 22.6 Å². The SMILES string of the molecule is O=C(CSc1ccc(F)cc1)NCc1nn(C2CCCC2)c2c1COCC2. The summed E-state index contributed by atoms with van der Waals surface area (Å²) in [4.78, 5) is 13.1. The van der Waals surface area contributed by atoms with Gasteiger partial charge in [-0.1, -0.05) is 12.8 Å². The van der Waals surface area contributed by atoms with Crippen molar-refractivity contribution in [3.63, 3.8) is 0 Å². The lowest BCUT2D eigenvalue weighted by Gasteiger charge is -2.18. The molecule has 0 atom stereocenters. The van der Waals surface area contributed by atoms with Gasteiger partial charge in [0.1, 0.15) is 5.82 Å². The summed E-state index contributed by atoms with van der Waals surface area (Å²) < 4.78 is 20.8. The fourth-order valence-electron chi connectivity index (χ4n) is 3.84. The molecule has 0 radical (unpaired) electrons. The summed E-state index contributed by atoms with van der Waals surface area (Å²) in [5.74, 6) is -0.0212. The first-order chi connectivity index (χ1) is 13.2. The molecule has 144 valence electrons. The highest BCUT2D eigenvalue weighted by Gasteiger charge is 2.27. The van der Waals surface area contributed by atoms with Crippen LogP contribution in [0.2, 0.25) is 0 Å². The first-order valence-corrected chi connectivity index (χ1v) is 10.5. The number of carbonyl (C=O) groups is 1. The second kappa shape index (κ2) is 8.44. The van der Waals surface area contributed by atoms with Crippen molar-refractivity contribution in [1.29, 1.82) is 0 Å². The third-order valence-electron chi connectivity index (χ3n) is 5.24. The number of carbonyl (C=O) groups excluding carboxylic acids is 1. The van der Waals surface area contributed by atoms with Crippen LogP contribution in [0, 0.1) is 5.82 Å². The van der Waals surface area contributed by atoms with Crippen molar-refractivity contribution >= 4 is 17.7 Å². The van der Waals surface area contributed by atoms with E-state index in [1.165, 1.54) is 55.3 Å². The Morgan fingerprint density at radius 1 is 1.30 bits per heavy atom. The Morgan fingerprint density at radius 2 is 2.07 bits per heavy atom. The summed E-state index contributed by atoms with van der Waals surface area (Å²) in [7, 11) is 0. The van der Waals surface area contributed by atoms with Gasteiger partial charge in [0.15, 0.2) is 0 Å². The van der Waals surface area contributed by atoms with E-state index in [4.69, 9.17) is 9.84 Å². The van der Waals surface area contributed by atoms with E-state index < -0.39 is 0 Å². The Morgan fingerprint density at radius 3 is 2.85 bits per heavy atom. The zero-order valence-electron chi connectivity index (χ0n) is 15.2. The third-order valence-corrected chi connectivity index (χ3v) is 6.25. The molecule has 4 rings (SSSR count). The molecule has 0 unspecified atom stereocenters. The van der Waals surface area contributed by atoms with Crippen LogP contribution in [0.15, 0.2) is 29.2 Å². The molecule has 1 aliphatic carbocycles. The van der Waals surface area contributed by atoms with Gasteiger partial charge in [0.2, 0.25) is 5.91 Å². The summed E-state index contributed by atoms with van der Waals surface area (Å²) in [6.45, 7) is 1.75. The van der Waals surface area contributed by atoms with Crippen LogP contribution in [-0.2, 0) is 29.1 Å². The molecule has 1 saturated carbocycles. The van der Waals surface area contributed by atoms with Crippen molar-refractivity contribution in [2.75, 3.05) is 12.4 Å². The van der Waals surface area contributed by atoms with Crippen LogP contribution in [0.5, 0.6) is 0 Å². The Bertz CT molecular complexity index is 800. The molecule has 1 N–H and O–H groups in total. The van der Waals surface area contributed by atoms with Crippen LogP contribution in [0.25, 0.3) is 0 Å². The topological polar surface area (TPSA) is 56.2 Å². The molecule has 5 nitrogen and oxygen atoms in total. The third kappa shape index (κ3) is 4.35. The van der Waals surface area contributed by atoms with Crippen LogP contribution in [0.4, 0.5) is 4.39 Å². The Labute approximate surface area is 162 Å². The maximum Gasteiger partial charge on any atom is 0.230 e. The number of nitrogens with one attached hydrogen (secondary N) is 1. The monoisotopic (exact) mass is 389 g/mol.